The van der Waals surface area contributed by atoms with Gasteiger partial charge in [0.25, 0.3) is 0 Å². The first-order valence-corrected chi connectivity index (χ1v) is 12.9. The van der Waals surface area contributed by atoms with Crippen molar-refractivity contribution in [2.24, 2.45) is 0 Å². The van der Waals surface area contributed by atoms with Crippen molar-refractivity contribution in [3.63, 3.8) is 0 Å². The fourth-order valence-corrected chi connectivity index (χ4v) is 4.91. The molecule has 2 aromatic carbocycles. The quantitative estimate of drug-likeness (QED) is 0.658. The van der Waals surface area contributed by atoms with Gasteiger partial charge in [-0.05, 0) is 68.8 Å². The molecule has 0 aromatic heterocycles. The third-order valence-corrected chi connectivity index (χ3v) is 7.21. The molecular formula is C24H34N4O3S. The smallest absolute Gasteiger partial charge is 0.232 e. The highest BCUT2D eigenvalue weighted by atomic mass is 32.2. The van der Waals surface area contributed by atoms with Crippen molar-refractivity contribution in [3.05, 3.63) is 53.6 Å². The molecule has 1 fully saturated rings. The molecule has 1 saturated heterocycles. The van der Waals surface area contributed by atoms with Crippen LogP contribution in [0.1, 0.15) is 24.0 Å². The number of nitrogens with zero attached hydrogens (tertiary/aromatic N) is 3. The van der Waals surface area contributed by atoms with Crippen LogP contribution in [0, 0.1) is 13.8 Å². The van der Waals surface area contributed by atoms with E-state index >= 15 is 0 Å². The minimum absolute atomic E-state index is 0.119. The minimum Gasteiger partial charge on any atom is -0.369 e. The summed E-state index contributed by atoms with van der Waals surface area (Å²) in [7, 11) is -1.31. The van der Waals surface area contributed by atoms with Gasteiger partial charge < -0.3 is 15.1 Å². The lowest BCUT2D eigenvalue weighted by Gasteiger charge is -2.34. The third-order valence-electron chi connectivity index (χ3n) is 6.03. The van der Waals surface area contributed by atoms with E-state index < -0.39 is 10.0 Å². The van der Waals surface area contributed by atoms with E-state index in [1.54, 1.807) is 0 Å². The van der Waals surface area contributed by atoms with Gasteiger partial charge in [-0.1, -0.05) is 12.1 Å². The molecule has 0 saturated carbocycles. The van der Waals surface area contributed by atoms with Gasteiger partial charge in [0.2, 0.25) is 15.9 Å². The molecule has 0 radical (unpaired) electrons. The normalized spacial score (nSPS) is 14.9. The first-order valence-electron chi connectivity index (χ1n) is 11.0. The second-order valence-electron chi connectivity index (χ2n) is 8.54. The summed E-state index contributed by atoms with van der Waals surface area (Å²) in [6.07, 6.45) is 1.89. The zero-order valence-electron chi connectivity index (χ0n) is 19.5. The highest BCUT2D eigenvalue weighted by molar-refractivity contribution is 7.92. The molecule has 0 unspecified atom stereocenters. The summed E-state index contributed by atoms with van der Waals surface area (Å²) in [5.41, 5.74) is 4.56. The van der Waals surface area contributed by atoms with Gasteiger partial charge in [-0.2, -0.15) is 0 Å². The van der Waals surface area contributed by atoms with E-state index in [9.17, 15) is 13.2 Å². The Balaban J connectivity index is 1.54. The zero-order chi connectivity index (χ0) is 23.3. The molecule has 7 nitrogen and oxygen atoms in total. The third kappa shape index (κ3) is 6.23. The number of carbonyl (C=O) groups excluding carboxylic acids is 1. The van der Waals surface area contributed by atoms with Gasteiger partial charge in [0.1, 0.15) is 0 Å². The van der Waals surface area contributed by atoms with E-state index in [0.717, 1.165) is 48.7 Å². The number of sulfonamides is 1. The Morgan fingerprint density at radius 1 is 1.03 bits per heavy atom. The largest absolute Gasteiger partial charge is 0.369 e. The average Bonchev–Trinajstić information content (AvgIpc) is 2.74. The molecule has 32 heavy (non-hydrogen) atoms. The number of carbonyl (C=O) groups is 1. The molecule has 1 aliphatic heterocycles. The average molecular weight is 459 g/mol. The van der Waals surface area contributed by atoms with Crippen LogP contribution in [0.5, 0.6) is 0 Å². The van der Waals surface area contributed by atoms with Crippen LogP contribution in [0.15, 0.2) is 42.5 Å². The number of anilines is 3. The molecule has 1 heterocycles. The number of nitrogens with one attached hydrogen (secondary N) is 1. The van der Waals surface area contributed by atoms with Gasteiger partial charge in [-0.3, -0.25) is 9.10 Å². The second kappa shape index (κ2) is 10.4. The van der Waals surface area contributed by atoms with Gasteiger partial charge in [0.15, 0.2) is 0 Å². The summed E-state index contributed by atoms with van der Waals surface area (Å²) in [4.78, 5) is 17.1. The van der Waals surface area contributed by atoms with Crippen LogP contribution < -0.4 is 14.5 Å². The molecule has 0 atom stereocenters. The van der Waals surface area contributed by atoms with Gasteiger partial charge in [-0.25, -0.2) is 8.42 Å². The van der Waals surface area contributed by atoms with Crippen molar-refractivity contribution in [1.29, 1.82) is 0 Å². The van der Waals surface area contributed by atoms with Crippen LogP contribution in [-0.2, 0) is 14.8 Å². The Bertz CT molecular complexity index is 1030. The van der Waals surface area contributed by atoms with Crippen LogP contribution >= 0.6 is 0 Å². The van der Waals surface area contributed by atoms with Crippen LogP contribution in [0.4, 0.5) is 17.1 Å². The van der Waals surface area contributed by atoms with Crippen molar-refractivity contribution in [3.8, 4) is 0 Å². The molecule has 174 valence electrons. The van der Waals surface area contributed by atoms with Gasteiger partial charge in [0.05, 0.1) is 11.9 Å². The SMILES string of the molecule is Cc1cccc(N(CCCC(=O)Nc2ccc(N3CCN(C)CC3)cc2)S(C)(=O)=O)c1C. The highest BCUT2D eigenvalue weighted by Gasteiger charge is 2.20. The van der Waals surface area contributed by atoms with Crippen LogP contribution in [0.2, 0.25) is 0 Å². The van der Waals surface area contributed by atoms with Crippen molar-refractivity contribution in [2.45, 2.75) is 26.7 Å². The molecule has 1 aliphatic rings. The maximum absolute atomic E-state index is 12.4. The summed E-state index contributed by atoms with van der Waals surface area (Å²) < 4.78 is 26.1. The van der Waals surface area contributed by atoms with Crippen LogP contribution in [0.25, 0.3) is 0 Å². The maximum Gasteiger partial charge on any atom is 0.232 e. The molecular weight excluding hydrogens is 424 g/mol. The topological polar surface area (TPSA) is 73.0 Å². The van der Waals surface area contributed by atoms with Crippen LogP contribution in [-0.4, -0.2) is 65.3 Å². The molecule has 0 spiro atoms. The summed E-state index contributed by atoms with van der Waals surface area (Å²) in [6, 6.07) is 13.5. The molecule has 0 aliphatic carbocycles. The molecule has 3 rings (SSSR count). The lowest BCUT2D eigenvalue weighted by atomic mass is 10.1. The molecule has 2 aromatic rings. The fraction of sp³-hybridized carbons (Fsp3) is 0.458. The Morgan fingerprint density at radius 3 is 2.31 bits per heavy atom. The van der Waals surface area contributed by atoms with E-state index in [1.807, 2.05) is 56.3 Å². The lowest BCUT2D eigenvalue weighted by Crippen LogP contribution is -2.44. The number of piperazine rings is 1. The number of rotatable bonds is 8. The van der Waals surface area contributed by atoms with E-state index in [0.29, 0.717) is 12.1 Å². The standard InChI is InChI=1S/C24H34N4O3S/c1-19-7-5-8-23(20(19)2)28(32(4,30)31)14-6-9-24(29)25-21-10-12-22(13-11-21)27-17-15-26(3)16-18-27/h5,7-8,10-13H,6,9,14-18H2,1-4H3,(H,25,29). The van der Waals surface area contributed by atoms with Crippen molar-refractivity contribution in [2.75, 3.05) is 60.5 Å². The van der Waals surface area contributed by atoms with Crippen molar-refractivity contribution in [1.82, 2.24) is 4.90 Å². The molecule has 8 heteroatoms. The number of amides is 1. The molecule has 0 bridgehead atoms. The number of benzene rings is 2. The van der Waals surface area contributed by atoms with Crippen molar-refractivity contribution < 1.29 is 13.2 Å². The number of likely N-dealkylation sites (N-methyl/N-ethyl adjacent to an activating group) is 1. The summed E-state index contributed by atoms with van der Waals surface area (Å²) in [5, 5.41) is 2.92. The van der Waals surface area contributed by atoms with E-state index in [-0.39, 0.29) is 18.9 Å². The minimum atomic E-state index is -3.44. The molecule has 1 amide bonds. The van der Waals surface area contributed by atoms with Crippen LogP contribution in [0.3, 0.4) is 0 Å². The Hall–Kier alpha value is -2.58. The first kappa shape index (κ1) is 24.1. The summed E-state index contributed by atoms with van der Waals surface area (Å²) >= 11 is 0. The summed E-state index contributed by atoms with van der Waals surface area (Å²) in [6.45, 7) is 8.23. The van der Waals surface area contributed by atoms with Gasteiger partial charge in [0, 0.05) is 50.5 Å². The van der Waals surface area contributed by atoms with E-state index in [4.69, 9.17) is 0 Å². The first-order chi connectivity index (χ1) is 15.1. The number of hydrogen-bond acceptors (Lipinski definition) is 5. The molecule has 1 N–H and O–H groups in total. The summed E-state index contributed by atoms with van der Waals surface area (Å²) in [5.74, 6) is -0.119. The van der Waals surface area contributed by atoms with Gasteiger partial charge >= 0.3 is 0 Å². The van der Waals surface area contributed by atoms with Gasteiger partial charge in [-0.15, -0.1) is 0 Å². The number of hydrogen-bond donors (Lipinski definition) is 1. The highest BCUT2D eigenvalue weighted by Crippen LogP contribution is 2.25. The maximum atomic E-state index is 12.4. The predicted octanol–water partition coefficient (Wildman–Crippen LogP) is 3.24. The Morgan fingerprint density at radius 2 is 1.69 bits per heavy atom. The van der Waals surface area contributed by atoms with E-state index in [1.165, 1.54) is 10.6 Å². The monoisotopic (exact) mass is 458 g/mol. The second-order valence-corrected chi connectivity index (χ2v) is 10.4. The Kier molecular flexibility index (Phi) is 7.79. The predicted molar refractivity (Wildman–Crippen MR) is 132 cm³/mol. The van der Waals surface area contributed by atoms with Crippen molar-refractivity contribution >= 4 is 33.0 Å². The lowest BCUT2D eigenvalue weighted by molar-refractivity contribution is -0.116. The zero-order valence-corrected chi connectivity index (χ0v) is 20.3. The Labute approximate surface area is 192 Å². The van der Waals surface area contributed by atoms with E-state index in [2.05, 4.69) is 22.2 Å². The number of aryl methyl sites for hydroxylation is 1. The fourth-order valence-electron chi connectivity index (χ4n) is 3.90.